The third-order valence-electron chi connectivity index (χ3n) is 10.7. The topological polar surface area (TPSA) is 0 Å². The molecule has 0 heterocycles. The fraction of sp³-hybridized carbons (Fsp3) is 0.0204. The fourth-order valence-electron chi connectivity index (χ4n) is 8.78. The molecule has 0 saturated carbocycles. The molecule has 9 aromatic carbocycles. The maximum atomic E-state index is 2.51. The van der Waals surface area contributed by atoms with Crippen molar-refractivity contribution < 1.29 is 0 Å². The maximum absolute atomic E-state index is 2.51. The molecule has 0 bridgehead atoms. The van der Waals surface area contributed by atoms with E-state index in [4.69, 9.17) is 0 Å². The molecule has 0 heteroatoms. The molecule has 0 amide bonds. The van der Waals surface area contributed by atoms with Crippen LogP contribution in [-0.2, 0) is 5.41 Å². The van der Waals surface area contributed by atoms with Gasteiger partial charge in [-0.15, -0.1) is 0 Å². The van der Waals surface area contributed by atoms with E-state index in [0.29, 0.717) is 0 Å². The van der Waals surface area contributed by atoms with Crippen LogP contribution in [0.5, 0.6) is 0 Å². The molecule has 0 nitrogen and oxygen atoms in total. The Hall–Kier alpha value is -6.24. The van der Waals surface area contributed by atoms with Crippen molar-refractivity contribution in [2.75, 3.05) is 0 Å². The second-order valence-corrected chi connectivity index (χ2v) is 13.2. The molecule has 1 aliphatic rings. The molecule has 1 aliphatic carbocycles. The third-order valence-corrected chi connectivity index (χ3v) is 10.7. The standard InChI is InChI=1S/C49H32/c1-4-17-34(18-5-1)46-40-24-12-14-26-42(40)47(43-27-15-13-25-41(43)46)35-29-30-39-44-31-28-33-16-10-11-23-38(33)48(44)49(45(39)32-35,36-19-6-2-7-20-36)37-21-8-3-9-22-37/h1-32H. The minimum absolute atomic E-state index is 0.500. The van der Waals surface area contributed by atoms with Gasteiger partial charge in [-0.1, -0.05) is 188 Å². The summed E-state index contributed by atoms with van der Waals surface area (Å²) in [6.45, 7) is 0. The summed E-state index contributed by atoms with van der Waals surface area (Å²) in [5.41, 5.74) is 12.4. The average molecular weight is 621 g/mol. The van der Waals surface area contributed by atoms with Crippen LogP contribution in [0.15, 0.2) is 194 Å². The second kappa shape index (κ2) is 10.9. The molecule has 0 fully saturated rings. The number of hydrogen-bond acceptors (Lipinski definition) is 0. The van der Waals surface area contributed by atoms with Gasteiger partial charge in [0, 0.05) is 0 Å². The largest absolute Gasteiger partial charge is 0.0719 e. The van der Waals surface area contributed by atoms with Crippen LogP contribution in [0.2, 0.25) is 0 Å². The summed E-state index contributed by atoms with van der Waals surface area (Å²) in [5.74, 6) is 0. The van der Waals surface area contributed by atoms with Crippen LogP contribution in [0.3, 0.4) is 0 Å². The van der Waals surface area contributed by atoms with Gasteiger partial charge in [-0.3, -0.25) is 0 Å². The minimum atomic E-state index is -0.500. The first-order valence-corrected chi connectivity index (χ1v) is 17.1. The van der Waals surface area contributed by atoms with Crippen molar-refractivity contribution >= 4 is 32.3 Å². The first-order chi connectivity index (χ1) is 24.3. The van der Waals surface area contributed by atoms with Crippen molar-refractivity contribution in [3.05, 3.63) is 216 Å². The van der Waals surface area contributed by atoms with E-state index in [-0.39, 0.29) is 0 Å². The number of rotatable bonds is 4. The normalized spacial score (nSPS) is 13.1. The lowest BCUT2D eigenvalue weighted by Gasteiger charge is -2.35. The lowest BCUT2D eigenvalue weighted by atomic mass is 9.66. The molecule has 0 saturated heterocycles. The van der Waals surface area contributed by atoms with E-state index in [1.165, 1.54) is 88.0 Å². The summed E-state index contributed by atoms with van der Waals surface area (Å²) in [7, 11) is 0. The van der Waals surface area contributed by atoms with Crippen molar-refractivity contribution in [2.45, 2.75) is 5.41 Å². The number of fused-ring (bicyclic) bond motifs is 7. The Morgan fingerprint density at radius 2 is 0.755 bits per heavy atom. The van der Waals surface area contributed by atoms with E-state index in [1.807, 2.05) is 0 Å². The molecule has 10 rings (SSSR count). The maximum Gasteiger partial charge on any atom is 0.0719 e. The molecule has 0 N–H and O–H groups in total. The molecular formula is C49H32. The van der Waals surface area contributed by atoms with Crippen molar-refractivity contribution in [1.82, 2.24) is 0 Å². The Balaban J connectivity index is 1.35. The van der Waals surface area contributed by atoms with Crippen LogP contribution in [0.1, 0.15) is 22.3 Å². The first-order valence-electron chi connectivity index (χ1n) is 17.1. The van der Waals surface area contributed by atoms with Gasteiger partial charge in [0.05, 0.1) is 5.41 Å². The van der Waals surface area contributed by atoms with Crippen molar-refractivity contribution in [1.29, 1.82) is 0 Å². The summed E-state index contributed by atoms with van der Waals surface area (Å²) in [5, 5.41) is 7.65. The molecule has 0 aliphatic heterocycles. The number of benzene rings is 9. The van der Waals surface area contributed by atoms with Crippen LogP contribution in [0.25, 0.3) is 65.7 Å². The highest BCUT2D eigenvalue weighted by Gasteiger charge is 2.47. The quantitative estimate of drug-likeness (QED) is 0.172. The first kappa shape index (κ1) is 27.8. The SMILES string of the molecule is c1ccc(-c2c3ccccc3c(-c3ccc4c(c3)C(c3ccccc3)(c3ccccc3)c3c-4ccc4ccccc34)c3ccccc23)cc1. The summed E-state index contributed by atoms with van der Waals surface area (Å²) < 4.78 is 0. The van der Waals surface area contributed by atoms with Crippen LogP contribution >= 0.6 is 0 Å². The van der Waals surface area contributed by atoms with Crippen LogP contribution in [0, 0.1) is 0 Å². The Labute approximate surface area is 286 Å². The van der Waals surface area contributed by atoms with Gasteiger partial charge in [0.15, 0.2) is 0 Å². The lowest BCUT2D eigenvalue weighted by molar-refractivity contribution is 0.776. The summed E-state index contributed by atoms with van der Waals surface area (Å²) in [6, 6.07) is 71.9. The van der Waals surface area contributed by atoms with E-state index in [9.17, 15) is 0 Å². The van der Waals surface area contributed by atoms with Gasteiger partial charge in [-0.05, 0) is 94.0 Å². The molecule has 0 aromatic heterocycles. The zero-order chi connectivity index (χ0) is 32.4. The summed E-state index contributed by atoms with van der Waals surface area (Å²) in [6.07, 6.45) is 0. The van der Waals surface area contributed by atoms with Gasteiger partial charge in [0.25, 0.3) is 0 Å². The van der Waals surface area contributed by atoms with Crippen LogP contribution in [0.4, 0.5) is 0 Å². The monoisotopic (exact) mass is 620 g/mol. The van der Waals surface area contributed by atoms with Crippen molar-refractivity contribution in [2.24, 2.45) is 0 Å². The van der Waals surface area contributed by atoms with E-state index < -0.39 is 5.41 Å². The van der Waals surface area contributed by atoms with Crippen molar-refractivity contribution in [3.63, 3.8) is 0 Å². The lowest BCUT2D eigenvalue weighted by Crippen LogP contribution is -2.28. The van der Waals surface area contributed by atoms with Gasteiger partial charge >= 0.3 is 0 Å². The third kappa shape index (κ3) is 3.98. The highest BCUT2D eigenvalue weighted by molar-refractivity contribution is 6.21. The van der Waals surface area contributed by atoms with Gasteiger partial charge in [0.1, 0.15) is 0 Å². The van der Waals surface area contributed by atoms with Gasteiger partial charge < -0.3 is 0 Å². The average Bonchev–Trinajstić information content (AvgIpc) is 3.49. The summed E-state index contributed by atoms with van der Waals surface area (Å²) in [4.78, 5) is 0. The van der Waals surface area contributed by atoms with Gasteiger partial charge in [-0.2, -0.15) is 0 Å². The fourth-order valence-corrected chi connectivity index (χ4v) is 8.78. The number of hydrogen-bond donors (Lipinski definition) is 0. The zero-order valence-corrected chi connectivity index (χ0v) is 27.0. The Morgan fingerprint density at radius 1 is 0.306 bits per heavy atom. The minimum Gasteiger partial charge on any atom is -0.0622 e. The Morgan fingerprint density at radius 3 is 1.33 bits per heavy atom. The molecule has 0 atom stereocenters. The highest BCUT2D eigenvalue weighted by atomic mass is 14.5. The van der Waals surface area contributed by atoms with Crippen LogP contribution < -0.4 is 0 Å². The highest BCUT2D eigenvalue weighted by Crippen LogP contribution is 2.59. The Kier molecular flexibility index (Phi) is 6.19. The molecule has 49 heavy (non-hydrogen) atoms. The van der Waals surface area contributed by atoms with Gasteiger partial charge in [0.2, 0.25) is 0 Å². The van der Waals surface area contributed by atoms with E-state index in [0.717, 1.165) is 0 Å². The van der Waals surface area contributed by atoms with E-state index in [1.54, 1.807) is 0 Å². The van der Waals surface area contributed by atoms with E-state index >= 15 is 0 Å². The molecule has 0 radical (unpaired) electrons. The Bertz CT molecular complexity index is 2590. The van der Waals surface area contributed by atoms with E-state index in [2.05, 4.69) is 194 Å². The molecule has 9 aromatic rings. The van der Waals surface area contributed by atoms with Crippen molar-refractivity contribution in [3.8, 4) is 33.4 Å². The summed E-state index contributed by atoms with van der Waals surface area (Å²) >= 11 is 0. The molecule has 228 valence electrons. The predicted molar refractivity (Wildman–Crippen MR) is 207 cm³/mol. The zero-order valence-electron chi connectivity index (χ0n) is 27.0. The molecule has 0 spiro atoms. The predicted octanol–water partition coefficient (Wildman–Crippen LogP) is 12.8. The second-order valence-electron chi connectivity index (χ2n) is 13.2. The van der Waals surface area contributed by atoms with Crippen LogP contribution in [-0.4, -0.2) is 0 Å². The molecule has 0 unspecified atom stereocenters. The van der Waals surface area contributed by atoms with Gasteiger partial charge in [-0.25, -0.2) is 0 Å². The smallest absolute Gasteiger partial charge is 0.0622 e. The molecular weight excluding hydrogens is 589 g/mol.